The van der Waals surface area contributed by atoms with E-state index in [1.165, 1.54) is 6.33 Å². The Balaban J connectivity index is 1.44. The van der Waals surface area contributed by atoms with E-state index in [1.54, 1.807) is 6.20 Å². The van der Waals surface area contributed by atoms with Crippen molar-refractivity contribution in [1.29, 1.82) is 0 Å². The van der Waals surface area contributed by atoms with Crippen LogP contribution >= 0.6 is 0 Å². The Morgan fingerprint density at radius 3 is 2.13 bits per heavy atom. The minimum atomic E-state index is -1.14. The van der Waals surface area contributed by atoms with Gasteiger partial charge in [-0.3, -0.25) is 29.0 Å². The summed E-state index contributed by atoms with van der Waals surface area (Å²) in [4.78, 5) is 83.4. The summed E-state index contributed by atoms with van der Waals surface area (Å²) in [7, 11) is 0. The van der Waals surface area contributed by atoms with Gasteiger partial charge in [0.2, 0.25) is 29.5 Å². The molecule has 55 heavy (non-hydrogen) atoms. The number of aliphatic imine (C=N–C) groups is 1. The van der Waals surface area contributed by atoms with Gasteiger partial charge in [-0.1, -0.05) is 61.4 Å². The van der Waals surface area contributed by atoms with Gasteiger partial charge >= 0.3 is 0 Å². The third kappa shape index (κ3) is 12.4. The minimum absolute atomic E-state index is 0.0943. The van der Waals surface area contributed by atoms with Gasteiger partial charge in [0.05, 0.1) is 6.33 Å². The topological polar surface area (TPSA) is 254 Å². The quantitative estimate of drug-likeness (QED) is 0.0640. The Bertz CT molecular complexity index is 1910. The normalized spacial score (nSPS) is 21.1. The van der Waals surface area contributed by atoms with Crippen LogP contribution in [0.4, 0.5) is 0 Å². The lowest BCUT2D eigenvalue weighted by molar-refractivity contribution is -0.134. The highest BCUT2D eigenvalue weighted by Gasteiger charge is 2.32. The standard InChI is InChI=1S/C39H51N11O5/c40-39(41)44-18-10-15-30-36(53)50-32(20-26-22-45-29-14-8-7-13-28(26)29)35(52)43-17-9-2-1-6-16-34(51)47-33(21-27-23-42-24-46-27)38(55)49-31(37(54)48-30)19-25-11-4-3-5-12-25/h3-5,7-8,11-14,22-24,30-33,45H,1-2,6,9-10,15-21H2,(H,42,46)(H,43,52)(H,47,51)(H,48,54)(H,49,55)(H,50,53)(H4,40,41,44)/t30-,31+,32+,33+/m0/s1. The first kappa shape index (κ1) is 40.0. The number of benzene rings is 2. The fraction of sp³-hybridized carbons (Fsp3) is 0.410. The molecule has 1 saturated heterocycles. The molecule has 0 radical (unpaired) electrons. The van der Waals surface area contributed by atoms with Crippen molar-refractivity contribution in [2.75, 3.05) is 13.1 Å². The number of nitrogens with zero attached hydrogens (tertiary/aromatic N) is 2. The predicted molar refractivity (Wildman–Crippen MR) is 208 cm³/mol. The number of nitrogens with two attached hydrogens (primary N) is 2. The summed E-state index contributed by atoms with van der Waals surface area (Å²) in [5, 5.41) is 15.3. The van der Waals surface area contributed by atoms with Gasteiger partial charge in [0.1, 0.15) is 24.2 Å². The third-order valence-electron chi connectivity index (χ3n) is 9.49. The number of rotatable bonds is 10. The molecular weight excluding hydrogens is 703 g/mol. The number of carbonyl (C=O) groups excluding carboxylic acids is 5. The van der Waals surface area contributed by atoms with Crippen molar-refractivity contribution in [2.45, 2.75) is 88.4 Å². The minimum Gasteiger partial charge on any atom is -0.370 e. The number of hydrogen-bond acceptors (Lipinski definition) is 7. The Hall–Kier alpha value is -6.19. The van der Waals surface area contributed by atoms with Crippen molar-refractivity contribution in [2.24, 2.45) is 16.5 Å². The predicted octanol–water partition coefficient (Wildman–Crippen LogP) is 0.992. The van der Waals surface area contributed by atoms with Gasteiger partial charge in [-0.05, 0) is 42.9 Å². The van der Waals surface area contributed by atoms with E-state index < -0.39 is 41.9 Å². The lowest BCUT2D eigenvalue weighted by Crippen LogP contribution is -2.59. The number of guanidine groups is 1. The van der Waals surface area contributed by atoms with Crippen LogP contribution in [0.25, 0.3) is 10.9 Å². The summed E-state index contributed by atoms with van der Waals surface area (Å²) in [6.07, 6.45) is 8.67. The largest absolute Gasteiger partial charge is 0.370 e. The molecule has 3 heterocycles. The fourth-order valence-corrected chi connectivity index (χ4v) is 6.57. The van der Waals surface area contributed by atoms with Gasteiger partial charge in [-0.25, -0.2) is 4.98 Å². The number of hydrogen-bond donors (Lipinski definition) is 9. The number of aromatic nitrogens is 3. The summed E-state index contributed by atoms with van der Waals surface area (Å²) in [5.74, 6) is -2.56. The smallest absolute Gasteiger partial charge is 0.243 e. The zero-order valence-corrected chi connectivity index (χ0v) is 30.8. The first-order valence-corrected chi connectivity index (χ1v) is 18.8. The highest BCUT2D eigenvalue weighted by molar-refractivity contribution is 5.96. The van der Waals surface area contributed by atoms with Crippen LogP contribution in [0.3, 0.4) is 0 Å². The molecule has 4 aromatic rings. The molecule has 16 nitrogen and oxygen atoms in total. The summed E-state index contributed by atoms with van der Waals surface area (Å²) < 4.78 is 0. The first-order chi connectivity index (χ1) is 26.7. The average molecular weight is 754 g/mol. The second-order valence-corrected chi connectivity index (χ2v) is 13.7. The van der Waals surface area contributed by atoms with E-state index in [4.69, 9.17) is 11.5 Å². The molecule has 1 aliphatic rings. The number of carbonyl (C=O) groups is 5. The van der Waals surface area contributed by atoms with Crippen LogP contribution in [-0.2, 0) is 43.2 Å². The van der Waals surface area contributed by atoms with Crippen molar-refractivity contribution in [1.82, 2.24) is 41.5 Å². The van der Waals surface area contributed by atoms with E-state index in [0.29, 0.717) is 31.5 Å². The number of H-pyrrole nitrogens is 2. The van der Waals surface area contributed by atoms with Gasteiger partial charge in [0.15, 0.2) is 5.96 Å². The van der Waals surface area contributed by atoms with E-state index in [2.05, 4.69) is 46.5 Å². The van der Waals surface area contributed by atoms with Crippen molar-refractivity contribution >= 4 is 46.4 Å². The molecule has 1 fully saturated rings. The van der Waals surface area contributed by atoms with E-state index in [0.717, 1.165) is 34.9 Å². The molecule has 2 aromatic carbocycles. The van der Waals surface area contributed by atoms with Gasteiger partial charge in [0, 0.05) is 67.8 Å². The molecule has 2 aromatic heterocycles. The molecule has 0 unspecified atom stereocenters. The van der Waals surface area contributed by atoms with Crippen LogP contribution in [-0.4, -0.2) is 87.7 Å². The number of aromatic amines is 2. The molecular formula is C39H51N11O5. The van der Waals surface area contributed by atoms with E-state index in [-0.39, 0.29) is 56.4 Å². The third-order valence-corrected chi connectivity index (χ3v) is 9.49. The Labute approximate surface area is 319 Å². The maximum absolute atomic E-state index is 14.2. The van der Waals surface area contributed by atoms with Crippen LogP contribution in [0.2, 0.25) is 0 Å². The SMILES string of the molecule is NC(N)=NCCC[C@@H]1NC(=O)[C@@H](Cc2ccccc2)NC(=O)[C@@H](Cc2cnc[nH]2)NC(=O)CCCCCCNC(=O)[C@@H](Cc2c[nH]c3ccccc23)NC1=O. The highest BCUT2D eigenvalue weighted by atomic mass is 16.2. The van der Waals surface area contributed by atoms with Crippen molar-refractivity contribution < 1.29 is 24.0 Å². The van der Waals surface area contributed by atoms with Crippen LogP contribution in [0.15, 0.2) is 78.3 Å². The molecule has 4 atom stereocenters. The lowest BCUT2D eigenvalue weighted by Gasteiger charge is -2.27. The number of amides is 5. The maximum Gasteiger partial charge on any atom is 0.243 e. The fourth-order valence-electron chi connectivity index (χ4n) is 6.57. The highest BCUT2D eigenvalue weighted by Crippen LogP contribution is 2.19. The Morgan fingerprint density at radius 1 is 0.709 bits per heavy atom. The number of nitrogens with one attached hydrogen (secondary N) is 7. The zero-order chi connectivity index (χ0) is 39.0. The molecule has 0 spiro atoms. The molecule has 5 amide bonds. The molecule has 0 bridgehead atoms. The van der Waals surface area contributed by atoms with Crippen molar-refractivity contribution in [3.05, 3.63) is 90.1 Å². The van der Waals surface area contributed by atoms with Crippen molar-refractivity contribution in [3.63, 3.8) is 0 Å². The van der Waals surface area contributed by atoms with Crippen LogP contribution in [0.5, 0.6) is 0 Å². The van der Waals surface area contributed by atoms with E-state index in [1.807, 2.05) is 60.8 Å². The van der Waals surface area contributed by atoms with Crippen LogP contribution in [0, 0.1) is 0 Å². The van der Waals surface area contributed by atoms with E-state index >= 15 is 0 Å². The molecule has 292 valence electrons. The average Bonchev–Trinajstić information content (AvgIpc) is 3.84. The lowest BCUT2D eigenvalue weighted by atomic mass is 10.0. The van der Waals surface area contributed by atoms with Crippen LogP contribution < -0.4 is 38.1 Å². The summed E-state index contributed by atoms with van der Waals surface area (Å²) in [6.45, 7) is 0.567. The summed E-state index contributed by atoms with van der Waals surface area (Å²) in [6, 6.07) is 12.6. The molecule has 5 rings (SSSR count). The summed E-state index contributed by atoms with van der Waals surface area (Å²) in [5.41, 5.74) is 14.2. The molecule has 11 N–H and O–H groups in total. The second-order valence-electron chi connectivity index (χ2n) is 13.7. The number of fused-ring (bicyclic) bond motifs is 1. The van der Waals surface area contributed by atoms with Crippen molar-refractivity contribution in [3.8, 4) is 0 Å². The van der Waals surface area contributed by atoms with Gasteiger partial charge in [-0.2, -0.15) is 0 Å². The molecule has 0 saturated carbocycles. The van der Waals surface area contributed by atoms with Gasteiger partial charge in [0.25, 0.3) is 0 Å². The zero-order valence-electron chi connectivity index (χ0n) is 30.8. The molecule has 0 aliphatic carbocycles. The Morgan fingerprint density at radius 2 is 1.38 bits per heavy atom. The number of imidazole rings is 1. The second kappa shape index (κ2) is 20.3. The Kier molecular flexibility index (Phi) is 14.8. The molecule has 1 aliphatic heterocycles. The van der Waals surface area contributed by atoms with E-state index in [9.17, 15) is 24.0 Å². The van der Waals surface area contributed by atoms with Gasteiger partial charge in [-0.15, -0.1) is 0 Å². The number of para-hydroxylation sites is 1. The molecule has 16 heteroatoms. The monoisotopic (exact) mass is 753 g/mol. The van der Waals surface area contributed by atoms with Gasteiger partial charge < -0.3 is 48.0 Å². The first-order valence-electron chi connectivity index (χ1n) is 18.8. The maximum atomic E-state index is 14.2. The summed E-state index contributed by atoms with van der Waals surface area (Å²) >= 11 is 0. The van der Waals surface area contributed by atoms with Crippen LogP contribution in [0.1, 0.15) is 61.8 Å².